The van der Waals surface area contributed by atoms with Crippen LogP contribution in [0.2, 0.25) is 5.02 Å². The molecule has 0 unspecified atom stereocenters. The van der Waals surface area contributed by atoms with Gasteiger partial charge >= 0.3 is 12.4 Å². The quantitative estimate of drug-likeness (QED) is 0.505. The van der Waals surface area contributed by atoms with Crippen molar-refractivity contribution < 1.29 is 41.0 Å². The molecule has 12 heteroatoms. The number of carbonyl (C=O) groups is 1. The fourth-order valence-electron chi connectivity index (χ4n) is 3.68. The Morgan fingerprint density at radius 1 is 1.09 bits per heavy atom. The van der Waals surface area contributed by atoms with E-state index < -0.39 is 60.6 Å². The summed E-state index contributed by atoms with van der Waals surface area (Å²) in [6, 6.07) is 6.03. The fourth-order valence-corrected chi connectivity index (χ4v) is 3.80. The lowest BCUT2D eigenvalue weighted by Gasteiger charge is -2.28. The number of pyridine rings is 1. The molecule has 0 spiro atoms. The lowest BCUT2D eigenvalue weighted by Crippen LogP contribution is -2.45. The molecule has 1 saturated carbocycles. The van der Waals surface area contributed by atoms with Gasteiger partial charge in [-0.15, -0.1) is 0 Å². The van der Waals surface area contributed by atoms with E-state index in [-0.39, 0.29) is 11.1 Å². The Kier molecular flexibility index (Phi) is 7.97. The van der Waals surface area contributed by atoms with E-state index in [0.29, 0.717) is 17.9 Å². The van der Waals surface area contributed by atoms with E-state index in [4.69, 9.17) is 16.3 Å². The Morgan fingerprint density at radius 3 is 2.32 bits per heavy atom. The van der Waals surface area contributed by atoms with Crippen LogP contribution in [0.1, 0.15) is 41.7 Å². The Labute approximate surface area is 196 Å². The van der Waals surface area contributed by atoms with E-state index in [1.807, 2.05) is 0 Å². The van der Waals surface area contributed by atoms with Crippen molar-refractivity contribution >= 4 is 17.5 Å². The Bertz CT molecular complexity index is 1010. The number of aliphatic hydroxyl groups excluding tert-OH is 1. The highest BCUT2D eigenvalue weighted by Gasteiger charge is 2.35. The first-order valence-electron chi connectivity index (χ1n) is 10.4. The van der Waals surface area contributed by atoms with Crippen molar-refractivity contribution in [1.29, 1.82) is 0 Å². The first-order valence-corrected chi connectivity index (χ1v) is 10.8. The van der Waals surface area contributed by atoms with E-state index in [0.717, 1.165) is 18.9 Å². The predicted octanol–water partition coefficient (Wildman–Crippen LogP) is 5.48. The molecule has 1 aromatic carbocycles. The number of nitrogens with one attached hydrogen (secondary N) is 1. The van der Waals surface area contributed by atoms with Gasteiger partial charge in [-0.2, -0.15) is 26.3 Å². The Morgan fingerprint density at radius 2 is 1.74 bits per heavy atom. The van der Waals surface area contributed by atoms with Crippen LogP contribution in [-0.2, 0) is 6.42 Å². The molecule has 3 rings (SSSR count). The highest BCUT2D eigenvalue weighted by atomic mass is 35.5. The van der Waals surface area contributed by atoms with Crippen molar-refractivity contribution in [2.24, 2.45) is 0 Å². The maximum atomic E-state index is 13.2. The van der Waals surface area contributed by atoms with E-state index >= 15 is 0 Å². The van der Waals surface area contributed by atoms with Gasteiger partial charge in [-0.05, 0) is 36.6 Å². The summed E-state index contributed by atoms with van der Waals surface area (Å²) in [6.45, 7) is -1.79. The maximum absolute atomic E-state index is 13.2. The predicted molar refractivity (Wildman–Crippen MR) is 112 cm³/mol. The van der Waals surface area contributed by atoms with Crippen molar-refractivity contribution in [3.8, 4) is 17.0 Å². The molecule has 1 fully saturated rings. The molecule has 0 saturated heterocycles. The third kappa shape index (κ3) is 7.23. The SMILES string of the molecule is O=C(N[C@H]1CCCC[C@@H]1O)c1cc(-c2ccc(Cl)cc2)c(OCC(F)(F)F)nc1CC(F)(F)F. The minimum atomic E-state index is -4.80. The summed E-state index contributed by atoms with van der Waals surface area (Å²) in [7, 11) is 0. The minimum absolute atomic E-state index is 0.110. The average molecular weight is 511 g/mol. The van der Waals surface area contributed by atoms with Crippen LogP contribution in [-0.4, -0.2) is 47.1 Å². The topological polar surface area (TPSA) is 71.5 Å². The molecule has 1 aliphatic rings. The van der Waals surface area contributed by atoms with Crippen molar-refractivity contribution in [2.45, 2.75) is 56.6 Å². The van der Waals surface area contributed by atoms with Crippen molar-refractivity contribution in [2.75, 3.05) is 6.61 Å². The zero-order valence-electron chi connectivity index (χ0n) is 17.6. The van der Waals surface area contributed by atoms with Crippen LogP contribution in [0.3, 0.4) is 0 Å². The highest BCUT2D eigenvalue weighted by molar-refractivity contribution is 6.30. The van der Waals surface area contributed by atoms with Crippen LogP contribution >= 0.6 is 11.6 Å². The number of rotatable bonds is 6. The summed E-state index contributed by atoms with van der Waals surface area (Å²) in [5.74, 6) is -1.62. The second-order valence-electron chi connectivity index (χ2n) is 7.97. The Balaban J connectivity index is 2.08. The van der Waals surface area contributed by atoms with E-state index in [1.54, 1.807) is 0 Å². The molecule has 5 nitrogen and oxygen atoms in total. The van der Waals surface area contributed by atoms with Gasteiger partial charge in [-0.3, -0.25) is 4.79 Å². The van der Waals surface area contributed by atoms with E-state index in [1.165, 1.54) is 24.3 Å². The molecule has 34 heavy (non-hydrogen) atoms. The van der Waals surface area contributed by atoms with Gasteiger partial charge in [0.1, 0.15) is 0 Å². The number of aromatic nitrogens is 1. The zero-order chi connectivity index (χ0) is 25.1. The van der Waals surface area contributed by atoms with Crippen LogP contribution in [0.25, 0.3) is 11.1 Å². The average Bonchev–Trinajstić information content (AvgIpc) is 2.73. The lowest BCUT2D eigenvalue weighted by atomic mass is 9.92. The number of alkyl halides is 6. The molecule has 1 amide bonds. The minimum Gasteiger partial charge on any atom is -0.468 e. The Hall–Kier alpha value is -2.53. The van der Waals surface area contributed by atoms with Gasteiger partial charge in [0.15, 0.2) is 6.61 Å². The monoisotopic (exact) mass is 510 g/mol. The van der Waals surface area contributed by atoms with Crippen LogP contribution < -0.4 is 10.1 Å². The number of benzene rings is 1. The molecular weight excluding hydrogens is 490 g/mol. The number of carbonyl (C=O) groups excluding carboxylic acids is 1. The summed E-state index contributed by atoms with van der Waals surface area (Å²) in [5.41, 5.74) is -1.13. The summed E-state index contributed by atoms with van der Waals surface area (Å²) in [6.07, 6.45) is -9.75. The largest absolute Gasteiger partial charge is 0.468 e. The standard InChI is InChI=1S/C22H21ClF6N2O3/c23-13-7-5-12(6-8-13)14-9-15(19(33)30-16-3-1-2-4-18(16)32)17(10-21(24,25)26)31-20(14)34-11-22(27,28)29/h5-9,16,18,32H,1-4,10-11H2,(H,30,33)/t16-,18-/m0/s1. The molecule has 1 heterocycles. The molecule has 2 atom stereocenters. The smallest absolute Gasteiger partial charge is 0.422 e. The normalized spacial score (nSPS) is 19.1. The van der Waals surface area contributed by atoms with Crippen LogP contribution in [0, 0.1) is 0 Å². The molecule has 0 aliphatic heterocycles. The molecule has 2 N–H and O–H groups in total. The molecule has 0 bridgehead atoms. The van der Waals surface area contributed by atoms with Crippen molar-refractivity contribution in [3.63, 3.8) is 0 Å². The third-order valence-electron chi connectivity index (χ3n) is 5.25. The molecule has 186 valence electrons. The van der Waals surface area contributed by atoms with Gasteiger partial charge in [0.25, 0.3) is 5.91 Å². The molecule has 0 radical (unpaired) electrons. The number of hydrogen-bond acceptors (Lipinski definition) is 4. The van der Waals surface area contributed by atoms with Gasteiger partial charge in [-0.1, -0.05) is 36.6 Å². The lowest BCUT2D eigenvalue weighted by molar-refractivity contribution is -0.154. The van der Waals surface area contributed by atoms with E-state index in [9.17, 15) is 36.2 Å². The summed E-state index contributed by atoms with van der Waals surface area (Å²) in [4.78, 5) is 16.7. The first kappa shape index (κ1) is 26.1. The van der Waals surface area contributed by atoms with Crippen molar-refractivity contribution in [3.05, 3.63) is 46.6 Å². The highest BCUT2D eigenvalue weighted by Crippen LogP contribution is 2.34. The summed E-state index contributed by atoms with van der Waals surface area (Å²) >= 11 is 5.85. The molecule has 1 aliphatic carbocycles. The maximum Gasteiger partial charge on any atom is 0.422 e. The van der Waals surface area contributed by atoms with E-state index in [2.05, 4.69) is 10.3 Å². The van der Waals surface area contributed by atoms with Crippen LogP contribution in [0.4, 0.5) is 26.3 Å². The second-order valence-corrected chi connectivity index (χ2v) is 8.41. The van der Waals surface area contributed by atoms with Gasteiger partial charge in [0, 0.05) is 10.6 Å². The third-order valence-corrected chi connectivity index (χ3v) is 5.50. The zero-order valence-corrected chi connectivity index (χ0v) is 18.4. The van der Waals surface area contributed by atoms with Gasteiger partial charge in [0.05, 0.1) is 29.8 Å². The molecule has 1 aromatic heterocycles. The number of halogens is 7. The van der Waals surface area contributed by atoms with Crippen molar-refractivity contribution in [1.82, 2.24) is 10.3 Å². The number of aliphatic hydroxyl groups is 1. The first-order chi connectivity index (χ1) is 15.8. The second kappa shape index (κ2) is 10.4. The number of ether oxygens (including phenoxy) is 1. The van der Waals surface area contributed by atoms with Crippen LogP contribution in [0.15, 0.2) is 30.3 Å². The summed E-state index contributed by atoms with van der Waals surface area (Å²) in [5, 5.41) is 13.0. The molecular formula is C22H21ClF6N2O3. The fraction of sp³-hybridized carbons (Fsp3) is 0.455. The van der Waals surface area contributed by atoms with Crippen LogP contribution in [0.5, 0.6) is 5.88 Å². The number of amides is 1. The number of hydrogen-bond donors (Lipinski definition) is 2. The van der Waals surface area contributed by atoms with Gasteiger partial charge < -0.3 is 15.2 Å². The molecule has 2 aromatic rings. The number of nitrogens with zero attached hydrogens (tertiary/aromatic N) is 1. The van der Waals surface area contributed by atoms with Gasteiger partial charge in [0.2, 0.25) is 5.88 Å². The van der Waals surface area contributed by atoms with Gasteiger partial charge in [-0.25, -0.2) is 4.98 Å². The summed E-state index contributed by atoms with van der Waals surface area (Å²) < 4.78 is 82.7.